The van der Waals surface area contributed by atoms with Gasteiger partial charge < -0.3 is 0 Å². The van der Waals surface area contributed by atoms with Crippen LogP contribution in [0.3, 0.4) is 0 Å². The van der Waals surface area contributed by atoms with Crippen LogP contribution in [0.15, 0.2) is 41.9 Å². The van der Waals surface area contributed by atoms with E-state index in [0.29, 0.717) is 0 Å². The molecule has 1 aliphatic rings. The zero-order valence-corrected chi connectivity index (χ0v) is 13.7. The third-order valence-corrected chi connectivity index (χ3v) is 5.41. The quantitative estimate of drug-likeness (QED) is 0.719. The van der Waals surface area contributed by atoms with E-state index < -0.39 is 0 Å². The van der Waals surface area contributed by atoms with Gasteiger partial charge >= 0.3 is 0 Å². The summed E-state index contributed by atoms with van der Waals surface area (Å²) in [7, 11) is 0. The molecule has 0 amide bonds. The predicted molar refractivity (Wildman–Crippen MR) is 92.2 cm³/mol. The number of imidazole rings is 1. The summed E-state index contributed by atoms with van der Waals surface area (Å²) in [5, 5.41) is 2.12. The van der Waals surface area contributed by atoms with E-state index in [2.05, 4.69) is 58.1 Å². The van der Waals surface area contributed by atoms with E-state index in [1.807, 2.05) is 0 Å². The Hall–Kier alpha value is -1.65. The van der Waals surface area contributed by atoms with Crippen LogP contribution < -0.4 is 0 Å². The standard InChI is InChI=1S/C18H21N3S/c1-14-7-9-20(10-8-14)13-16-17(15-5-3-2-4-6-15)19-18-21(16)11-12-22-18/h2-6,11-12,14H,7-10,13H2,1H3. The van der Waals surface area contributed by atoms with Gasteiger partial charge in [0.1, 0.15) is 0 Å². The number of hydrogen-bond acceptors (Lipinski definition) is 3. The monoisotopic (exact) mass is 311 g/mol. The first kappa shape index (κ1) is 14.0. The fraction of sp³-hybridized carbons (Fsp3) is 0.389. The number of benzene rings is 1. The largest absolute Gasteiger partial charge is 0.297 e. The van der Waals surface area contributed by atoms with Crippen molar-refractivity contribution in [2.45, 2.75) is 26.3 Å². The molecule has 0 spiro atoms. The Labute approximate surface area is 135 Å². The van der Waals surface area contributed by atoms with Crippen molar-refractivity contribution < 1.29 is 0 Å². The third-order valence-electron chi connectivity index (χ3n) is 4.66. The lowest BCUT2D eigenvalue weighted by Crippen LogP contribution is -2.32. The van der Waals surface area contributed by atoms with Crippen LogP contribution in [0.25, 0.3) is 16.2 Å². The van der Waals surface area contributed by atoms with E-state index in [0.717, 1.165) is 23.1 Å². The molecule has 0 radical (unpaired) electrons. The van der Waals surface area contributed by atoms with Gasteiger partial charge in [-0.25, -0.2) is 4.98 Å². The summed E-state index contributed by atoms with van der Waals surface area (Å²) < 4.78 is 2.27. The van der Waals surface area contributed by atoms with Gasteiger partial charge in [-0.1, -0.05) is 37.3 Å². The molecule has 4 heteroatoms. The molecule has 114 valence electrons. The maximum Gasteiger partial charge on any atom is 0.194 e. The van der Waals surface area contributed by atoms with Crippen LogP contribution in [0.4, 0.5) is 0 Å². The Morgan fingerprint density at radius 2 is 1.95 bits per heavy atom. The minimum Gasteiger partial charge on any atom is -0.297 e. The van der Waals surface area contributed by atoms with Gasteiger partial charge in [-0.15, -0.1) is 11.3 Å². The number of aromatic nitrogens is 2. The van der Waals surface area contributed by atoms with E-state index in [9.17, 15) is 0 Å². The SMILES string of the molecule is CC1CCN(Cc2c(-c3ccccc3)nc3sccn23)CC1. The van der Waals surface area contributed by atoms with Crippen LogP contribution >= 0.6 is 11.3 Å². The molecule has 1 aromatic carbocycles. The van der Waals surface area contributed by atoms with E-state index in [-0.39, 0.29) is 0 Å². The van der Waals surface area contributed by atoms with Crippen LogP contribution in [0.2, 0.25) is 0 Å². The molecule has 0 N–H and O–H groups in total. The number of likely N-dealkylation sites (tertiary alicyclic amines) is 1. The predicted octanol–water partition coefficient (Wildman–Crippen LogP) is 4.29. The number of rotatable bonds is 3. The molecule has 3 nitrogen and oxygen atoms in total. The summed E-state index contributed by atoms with van der Waals surface area (Å²) in [5.41, 5.74) is 3.70. The number of fused-ring (bicyclic) bond motifs is 1. The molecule has 1 aliphatic heterocycles. The van der Waals surface area contributed by atoms with Crippen molar-refractivity contribution in [1.82, 2.24) is 14.3 Å². The second-order valence-corrected chi connectivity index (χ2v) is 7.16. The summed E-state index contributed by atoms with van der Waals surface area (Å²) in [5.74, 6) is 0.872. The van der Waals surface area contributed by atoms with Gasteiger partial charge in [0.05, 0.1) is 11.4 Å². The normalized spacial score (nSPS) is 17.3. The van der Waals surface area contributed by atoms with Crippen molar-refractivity contribution in [3.05, 3.63) is 47.6 Å². The summed E-state index contributed by atoms with van der Waals surface area (Å²) in [6, 6.07) is 10.6. The first-order chi connectivity index (χ1) is 10.8. The van der Waals surface area contributed by atoms with Crippen molar-refractivity contribution in [1.29, 1.82) is 0 Å². The van der Waals surface area contributed by atoms with E-state index in [1.54, 1.807) is 11.3 Å². The van der Waals surface area contributed by atoms with Crippen LogP contribution in [0.5, 0.6) is 0 Å². The molecule has 1 saturated heterocycles. The Morgan fingerprint density at radius 1 is 1.18 bits per heavy atom. The lowest BCUT2D eigenvalue weighted by Gasteiger charge is -2.30. The van der Waals surface area contributed by atoms with Gasteiger partial charge in [-0.2, -0.15) is 0 Å². The molecule has 0 saturated carbocycles. The lowest BCUT2D eigenvalue weighted by molar-refractivity contribution is 0.183. The zero-order chi connectivity index (χ0) is 14.9. The molecule has 0 atom stereocenters. The number of piperidine rings is 1. The van der Waals surface area contributed by atoms with Crippen LogP contribution in [0.1, 0.15) is 25.5 Å². The van der Waals surface area contributed by atoms with Crippen LogP contribution in [0, 0.1) is 5.92 Å². The molecule has 3 aromatic rings. The molecule has 0 bridgehead atoms. The highest BCUT2D eigenvalue weighted by atomic mass is 32.1. The summed E-state index contributed by atoms with van der Waals surface area (Å²) in [4.78, 5) is 8.55. The first-order valence-corrected chi connectivity index (χ1v) is 8.91. The molecule has 3 heterocycles. The second-order valence-electron chi connectivity index (χ2n) is 6.29. The molecule has 22 heavy (non-hydrogen) atoms. The Morgan fingerprint density at radius 3 is 2.73 bits per heavy atom. The molecular weight excluding hydrogens is 290 g/mol. The highest BCUT2D eigenvalue weighted by Crippen LogP contribution is 2.28. The topological polar surface area (TPSA) is 20.5 Å². The van der Waals surface area contributed by atoms with E-state index in [4.69, 9.17) is 4.98 Å². The van der Waals surface area contributed by atoms with E-state index >= 15 is 0 Å². The fourth-order valence-electron chi connectivity index (χ4n) is 3.24. The summed E-state index contributed by atoms with van der Waals surface area (Å²) >= 11 is 1.71. The summed E-state index contributed by atoms with van der Waals surface area (Å²) in [6.07, 6.45) is 4.78. The average Bonchev–Trinajstić information content (AvgIpc) is 3.13. The average molecular weight is 311 g/mol. The molecule has 2 aromatic heterocycles. The Balaban J connectivity index is 1.70. The Kier molecular flexibility index (Phi) is 3.72. The lowest BCUT2D eigenvalue weighted by atomic mass is 9.99. The van der Waals surface area contributed by atoms with E-state index in [1.165, 1.54) is 37.2 Å². The Bertz CT molecular complexity index is 751. The van der Waals surface area contributed by atoms with Gasteiger partial charge in [-0.3, -0.25) is 9.30 Å². The molecule has 1 fully saturated rings. The van der Waals surface area contributed by atoms with Crippen molar-refractivity contribution in [3.8, 4) is 11.3 Å². The van der Waals surface area contributed by atoms with Crippen molar-refractivity contribution in [2.24, 2.45) is 5.92 Å². The van der Waals surface area contributed by atoms with Gasteiger partial charge in [0, 0.05) is 23.7 Å². The van der Waals surface area contributed by atoms with Gasteiger partial charge in [0.25, 0.3) is 0 Å². The minimum absolute atomic E-state index is 0.872. The minimum atomic E-state index is 0.872. The first-order valence-electron chi connectivity index (χ1n) is 8.03. The second kappa shape index (κ2) is 5.86. The van der Waals surface area contributed by atoms with Crippen LogP contribution in [-0.4, -0.2) is 27.4 Å². The van der Waals surface area contributed by atoms with Crippen molar-refractivity contribution >= 4 is 16.3 Å². The number of hydrogen-bond donors (Lipinski definition) is 0. The van der Waals surface area contributed by atoms with Gasteiger partial charge in [0.2, 0.25) is 0 Å². The maximum atomic E-state index is 4.88. The highest BCUT2D eigenvalue weighted by Gasteiger charge is 2.20. The molecular formula is C18H21N3S. The van der Waals surface area contributed by atoms with Gasteiger partial charge in [0.15, 0.2) is 4.96 Å². The van der Waals surface area contributed by atoms with Crippen molar-refractivity contribution in [3.63, 3.8) is 0 Å². The van der Waals surface area contributed by atoms with Gasteiger partial charge in [-0.05, 0) is 31.8 Å². The number of thiazole rings is 1. The van der Waals surface area contributed by atoms with Crippen LogP contribution in [-0.2, 0) is 6.54 Å². The highest BCUT2D eigenvalue weighted by molar-refractivity contribution is 7.15. The summed E-state index contributed by atoms with van der Waals surface area (Å²) in [6.45, 7) is 5.76. The molecule has 0 unspecified atom stereocenters. The zero-order valence-electron chi connectivity index (χ0n) is 12.9. The third kappa shape index (κ3) is 2.57. The molecule has 0 aliphatic carbocycles. The fourth-order valence-corrected chi connectivity index (χ4v) is 3.98. The maximum absolute atomic E-state index is 4.88. The number of nitrogens with zero attached hydrogens (tertiary/aromatic N) is 3. The van der Waals surface area contributed by atoms with Crippen molar-refractivity contribution in [2.75, 3.05) is 13.1 Å². The smallest absolute Gasteiger partial charge is 0.194 e. The molecule has 4 rings (SSSR count).